The average molecular weight is 408 g/mol. The van der Waals surface area contributed by atoms with Crippen LogP contribution in [0.15, 0.2) is 34.9 Å². The summed E-state index contributed by atoms with van der Waals surface area (Å²) in [5, 5.41) is 4.72. The van der Waals surface area contributed by atoms with Gasteiger partial charge in [-0.3, -0.25) is 9.59 Å². The van der Waals surface area contributed by atoms with E-state index >= 15 is 0 Å². The number of rotatable bonds is 4. The van der Waals surface area contributed by atoms with Crippen LogP contribution in [-0.4, -0.2) is 53.6 Å². The van der Waals surface area contributed by atoms with E-state index in [9.17, 15) is 22.8 Å². The van der Waals surface area contributed by atoms with Gasteiger partial charge in [-0.1, -0.05) is 0 Å². The third kappa shape index (κ3) is 4.42. The molecule has 3 unspecified atom stereocenters. The Kier molecular flexibility index (Phi) is 5.03. The Morgan fingerprint density at radius 1 is 1.17 bits per heavy atom. The molecule has 0 saturated carbocycles. The quantitative estimate of drug-likeness (QED) is 0.812. The first-order valence-electron chi connectivity index (χ1n) is 9.25. The summed E-state index contributed by atoms with van der Waals surface area (Å²) in [6.07, 6.45) is -1.47. The molecule has 0 radical (unpaired) electrons. The number of nitrogens with one attached hydrogen (secondary N) is 2. The molecule has 29 heavy (non-hydrogen) atoms. The van der Waals surface area contributed by atoms with E-state index in [0.29, 0.717) is 17.2 Å². The van der Waals surface area contributed by atoms with Gasteiger partial charge >= 0.3 is 18.0 Å². The zero-order valence-corrected chi connectivity index (χ0v) is 15.3. The standard InChI is InChI=1S/C19H19F3N4O3/c20-19(21,22)18(28)25-13-3-1-12(2-4-13)15-8-23-17(29-15)16(27)24-14-7-11-5-6-26(9-11)10-14/h1-4,8,11,14H,5-7,9-10H2,(H,24,27)(H,25,28). The summed E-state index contributed by atoms with van der Waals surface area (Å²) in [5.74, 6) is -1.58. The first-order valence-corrected chi connectivity index (χ1v) is 9.25. The van der Waals surface area contributed by atoms with Gasteiger partial charge in [0.05, 0.1) is 6.20 Å². The van der Waals surface area contributed by atoms with Gasteiger partial charge in [0.15, 0.2) is 5.76 Å². The molecule has 2 aliphatic rings. The maximum atomic E-state index is 12.4. The number of piperidine rings is 1. The van der Waals surface area contributed by atoms with E-state index in [4.69, 9.17) is 4.42 Å². The highest BCUT2D eigenvalue weighted by molar-refractivity contribution is 5.95. The molecule has 10 heteroatoms. The second kappa shape index (κ2) is 7.51. The van der Waals surface area contributed by atoms with Crippen LogP contribution in [0.4, 0.5) is 18.9 Å². The van der Waals surface area contributed by atoms with Crippen LogP contribution < -0.4 is 10.6 Å². The molecule has 0 spiro atoms. The first kappa shape index (κ1) is 19.4. The topological polar surface area (TPSA) is 87.5 Å². The Morgan fingerprint density at radius 3 is 2.62 bits per heavy atom. The summed E-state index contributed by atoms with van der Waals surface area (Å²) in [4.78, 5) is 29.7. The fourth-order valence-electron chi connectivity index (χ4n) is 3.84. The lowest BCUT2D eigenvalue weighted by atomic mass is 9.97. The van der Waals surface area contributed by atoms with Crippen molar-refractivity contribution >= 4 is 17.5 Å². The average Bonchev–Trinajstić information content (AvgIpc) is 3.28. The molecule has 2 amide bonds. The van der Waals surface area contributed by atoms with Gasteiger partial charge in [0.1, 0.15) is 0 Å². The third-order valence-corrected chi connectivity index (χ3v) is 5.19. The van der Waals surface area contributed by atoms with Crippen LogP contribution in [0, 0.1) is 5.92 Å². The van der Waals surface area contributed by atoms with Crippen molar-refractivity contribution in [2.75, 3.05) is 25.0 Å². The maximum absolute atomic E-state index is 12.4. The molecule has 154 valence electrons. The normalized spacial score (nSPS) is 23.6. The van der Waals surface area contributed by atoms with Gasteiger partial charge < -0.3 is 20.0 Å². The Balaban J connectivity index is 1.38. The van der Waals surface area contributed by atoms with Crippen molar-refractivity contribution in [1.82, 2.24) is 15.2 Å². The molecule has 1 aromatic carbocycles. The third-order valence-electron chi connectivity index (χ3n) is 5.19. The SMILES string of the molecule is O=C(NC1CC2CCN(C2)C1)c1ncc(-c2ccc(NC(=O)C(F)(F)F)cc2)o1. The Morgan fingerprint density at radius 2 is 1.93 bits per heavy atom. The Labute approximate surface area is 164 Å². The molecule has 2 aliphatic heterocycles. The van der Waals surface area contributed by atoms with Crippen LogP contribution in [-0.2, 0) is 4.79 Å². The molecular weight excluding hydrogens is 389 g/mol. The first-order chi connectivity index (χ1) is 13.8. The number of hydrogen-bond donors (Lipinski definition) is 2. The zero-order valence-electron chi connectivity index (χ0n) is 15.3. The molecule has 7 nitrogen and oxygen atoms in total. The molecule has 2 saturated heterocycles. The van der Waals surface area contributed by atoms with Crippen molar-refractivity contribution in [3.8, 4) is 11.3 Å². The van der Waals surface area contributed by atoms with Gasteiger partial charge in [0, 0.05) is 30.4 Å². The monoisotopic (exact) mass is 408 g/mol. The number of anilines is 1. The number of carbonyl (C=O) groups excluding carboxylic acids is 2. The molecule has 4 rings (SSSR count). The van der Waals surface area contributed by atoms with Crippen molar-refractivity contribution < 1.29 is 27.2 Å². The number of carbonyl (C=O) groups is 2. The number of fused-ring (bicyclic) bond motifs is 2. The summed E-state index contributed by atoms with van der Waals surface area (Å²) in [6, 6.07) is 5.64. The molecule has 2 aromatic rings. The van der Waals surface area contributed by atoms with E-state index < -0.39 is 18.0 Å². The van der Waals surface area contributed by atoms with Crippen LogP contribution in [0.25, 0.3) is 11.3 Å². The van der Waals surface area contributed by atoms with Gasteiger partial charge in [0.25, 0.3) is 5.89 Å². The number of alkyl halides is 3. The smallest absolute Gasteiger partial charge is 0.432 e. The molecule has 2 fully saturated rings. The Hall–Kier alpha value is -2.88. The number of hydrogen-bond acceptors (Lipinski definition) is 5. The maximum Gasteiger partial charge on any atom is 0.471 e. The number of aromatic nitrogens is 1. The molecule has 0 aliphatic carbocycles. The predicted octanol–water partition coefficient (Wildman–Crippen LogP) is 2.67. The molecule has 2 bridgehead atoms. The van der Waals surface area contributed by atoms with Crippen LogP contribution >= 0.6 is 0 Å². The highest BCUT2D eigenvalue weighted by Crippen LogP contribution is 2.27. The number of benzene rings is 1. The number of nitrogens with zero attached hydrogens (tertiary/aromatic N) is 2. The summed E-state index contributed by atoms with van der Waals surface area (Å²) in [6.45, 7) is 2.98. The lowest BCUT2D eigenvalue weighted by molar-refractivity contribution is -0.167. The summed E-state index contributed by atoms with van der Waals surface area (Å²) in [7, 11) is 0. The fraction of sp³-hybridized carbons (Fsp3) is 0.421. The van der Waals surface area contributed by atoms with Gasteiger partial charge in [-0.15, -0.1) is 0 Å². The summed E-state index contributed by atoms with van der Waals surface area (Å²) < 4.78 is 42.4. The van der Waals surface area contributed by atoms with E-state index in [1.807, 2.05) is 0 Å². The molecule has 1 aromatic heterocycles. The van der Waals surface area contributed by atoms with Crippen LogP contribution in [0.3, 0.4) is 0 Å². The van der Waals surface area contributed by atoms with Crippen molar-refractivity contribution in [1.29, 1.82) is 0 Å². The summed E-state index contributed by atoms with van der Waals surface area (Å²) in [5.41, 5.74) is 0.513. The molecule has 2 N–H and O–H groups in total. The van der Waals surface area contributed by atoms with Gasteiger partial charge in [0.2, 0.25) is 0 Å². The van der Waals surface area contributed by atoms with Crippen LogP contribution in [0.1, 0.15) is 23.5 Å². The van der Waals surface area contributed by atoms with E-state index in [1.54, 1.807) is 5.32 Å². The zero-order chi connectivity index (χ0) is 20.6. The number of amides is 2. The lowest BCUT2D eigenvalue weighted by Crippen LogP contribution is -2.47. The van der Waals surface area contributed by atoms with Gasteiger partial charge in [-0.2, -0.15) is 13.2 Å². The van der Waals surface area contributed by atoms with Crippen molar-refractivity contribution in [3.05, 3.63) is 36.4 Å². The lowest BCUT2D eigenvalue weighted by Gasteiger charge is -2.30. The van der Waals surface area contributed by atoms with E-state index in [0.717, 1.165) is 32.5 Å². The minimum atomic E-state index is -4.96. The van der Waals surface area contributed by atoms with Crippen LogP contribution in [0.2, 0.25) is 0 Å². The fourth-order valence-corrected chi connectivity index (χ4v) is 3.84. The van der Waals surface area contributed by atoms with Gasteiger partial charge in [-0.25, -0.2) is 4.98 Å². The van der Waals surface area contributed by atoms with E-state index in [2.05, 4.69) is 15.2 Å². The minimum Gasteiger partial charge on any atom is -0.432 e. The van der Waals surface area contributed by atoms with Crippen molar-refractivity contribution in [2.24, 2.45) is 5.92 Å². The number of halogens is 3. The number of oxazole rings is 1. The van der Waals surface area contributed by atoms with E-state index in [1.165, 1.54) is 30.5 Å². The molecule has 3 atom stereocenters. The van der Waals surface area contributed by atoms with Crippen LogP contribution in [0.5, 0.6) is 0 Å². The largest absolute Gasteiger partial charge is 0.471 e. The van der Waals surface area contributed by atoms with Crippen molar-refractivity contribution in [3.63, 3.8) is 0 Å². The second-order valence-electron chi connectivity index (χ2n) is 7.38. The molecular formula is C19H19F3N4O3. The highest BCUT2D eigenvalue weighted by atomic mass is 19.4. The van der Waals surface area contributed by atoms with E-state index in [-0.39, 0.29) is 17.6 Å². The van der Waals surface area contributed by atoms with Crippen molar-refractivity contribution in [2.45, 2.75) is 25.1 Å². The predicted molar refractivity (Wildman–Crippen MR) is 97.0 cm³/mol. The Bertz CT molecular complexity index is 898. The highest BCUT2D eigenvalue weighted by Gasteiger charge is 2.38. The van der Waals surface area contributed by atoms with Gasteiger partial charge in [-0.05, 0) is 49.6 Å². The summed E-state index contributed by atoms with van der Waals surface area (Å²) >= 11 is 0. The minimum absolute atomic E-state index is 0.00418. The second-order valence-corrected chi connectivity index (χ2v) is 7.38. The molecule has 3 heterocycles.